The quantitative estimate of drug-likeness (QED) is 0.660. The lowest BCUT2D eigenvalue weighted by molar-refractivity contribution is 0.0994. The zero-order valence-corrected chi connectivity index (χ0v) is 13.7. The fraction of sp³-hybridized carbons (Fsp3) is 0.231. The van der Waals surface area contributed by atoms with Crippen LogP contribution in [0.1, 0.15) is 21.1 Å². The van der Waals surface area contributed by atoms with Gasteiger partial charge in [0, 0.05) is 16.4 Å². The van der Waals surface area contributed by atoms with Gasteiger partial charge in [-0.1, -0.05) is 0 Å². The molecule has 0 bridgehead atoms. The van der Waals surface area contributed by atoms with Gasteiger partial charge in [-0.15, -0.1) is 22.7 Å². The molecule has 0 aliphatic rings. The highest BCUT2D eigenvalue weighted by Crippen LogP contribution is 2.31. The maximum atomic E-state index is 12.3. The number of aromatic nitrogens is 2. The average molecular weight is 355 g/mol. The highest BCUT2D eigenvalue weighted by atomic mass is 79.9. The Hall–Kier alpha value is -0.980. The number of fused-ring (bicyclic) bond motifs is 1. The minimum atomic E-state index is 0.150. The molecule has 3 rings (SSSR count). The fourth-order valence-corrected chi connectivity index (χ4v) is 4.54. The van der Waals surface area contributed by atoms with Crippen LogP contribution in [-0.4, -0.2) is 15.6 Å². The number of ketones is 1. The largest absolute Gasteiger partial charge is 0.293 e. The number of hydrogen-bond acceptors (Lipinski definition) is 4. The van der Waals surface area contributed by atoms with Crippen LogP contribution in [0.4, 0.5) is 0 Å². The Kier molecular flexibility index (Phi) is 3.32. The van der Waals surface area contributed by atoms with Gasteiger partial charge in [0.1, 0.15) is 0 Å². The third-order valence-electron chi connectivity index (χ3n) is 3.00. The molecule has 0 saturated heterocycles. The zero-order chi connectivity index (χ0) is 13.6. The molecule has 0 saturated carbocycles. The van der Waals surface area contributed by atoms with E-state index >= 15 is 0 Å². The first-order chi connectivity index (χ1) is 9.06. The van der Waals surface area contributed by atoms with E-state index in [2.05, 4.69) is 32.5 Å². The lowest BCUT2D eigenvalue weighted by Crippen LogP contribution is -2.07. The average Bonchev–Trinajstić information content (AvgIpc) is 2.99. The van der Waals surface area contributed by atoms with E-state index in [0.717, 1.165) is 20.7 Å². The molecule has 3 heterocycles. The molecule has 0 unspecified atom stereocenters. The second-order valence-corrected chi connectivity index (χ2v) is 7.15. The first-order valence-electron chi connectivity index (χ1n) is 5.74. The molecule has 0 amide bonds. The van der Waals surface area contributed by atoms with Gasteiger partial charge in [0.05, 0.1) is 27.2 Å². The van der Waals surface area contributed by atoms with Gasteiger partial charge in [0.25, 0.3) is 0 Å². The topological polar surface area (TPSA) is 34.9 Å². The van der Waals surface area contributed by atoms with E-state index in [1.165, 1.54) is 9.40 Å². The van der Waals surface area contributed by atoms with E-state index in [1.807, 2.05) is 20.0 Å². The summed E-state index contributed by atoms with van der Waals surface area (Å²) < 4.78 is 5.08. The van der Waals surface area contributed by atoms with Crippen LogP contribution in [0, 0.1) is 6.92 Å². The van der Waals surface area contributed by atoms with Crippen molar-refractivity contribution in [3.05, 3.63) is 38.3 Å². The Bertz CT molecular complexity index is 740. The number of carbonyl (C=O) groups is 1. The van der Waals surface area contributed by atoms with Crippen molar-refractivity contribution in [2.75, 3.05) is 0 Å². The van der Waals surface area contributed by atoms with Gasteiger partial charge in [0.15, 0.2) is 5.78 Å². The third-order valence-corrected chi connectivity index (χ3v) is 6.17. The number of rotatable bonds is 3. The molecule has 0 aliphatic heterocycles. The second-order valence-electron chi connectivity index (χ2n) is 4.33. The van der Waals surface area contributed by atoms with Gasteiger partial charge < -0.3 is 0 Å². The van der Waals surface area contributed by atoms with Crippen LogP contribution in [-0.2, 0) is 13.5 Å². The molecule has 0 aromatic carbocycles. The molecule has 19 heavy (non-hydrogen) atoms. The Labute approximate surface area is 127 Å². The van der Waals surface area contributed by atoms with E-state index in [4.69, 9.17) is 0 Å². The minimum absolute atomic E-state index is 0.150. The normalized spacial score (nSPS) is 11.3. The molecular formula is C13H11BrN2OS2. The van der Waals surface area contributed by atoms with E-state index in [1.54, 1.807) is 27.4 Å². The van der Waals surface area contributed by atoms with Crippen LogP contribution < -0.4 is 0 Å². The highest BCUT2D eigenvalue weighted by molar-refractivity contribution is 9.10. The van der Waals surface area contributed by atoms with Gasteiger partial charge >= 0.3 is 0 Å². The third kappa shape index (κ3) is 2.28. The zero-order valence-electron chi connectivity index (χ0n) is 10.4. The minimum Gasteiger partial charge on any atom is -0.293 e. The molecular weight excluding hydrogens is 344 g/mol. The monoisotopic (exact) mass is 354 g/mol. The lowest BCUT2D eigenvalue weighted by atomic mass is 10.2. The maximum Gasteiger partial charge on any atom is 0.178 e. The summed E-state index contributed by atoms with van der Waals surface area (Å²) in [4.78, 5) is 13.2. The number of halogens is 1. The molecule has 6 heteroatoms. The molecule has 0 spiro atoms. The summed E-state index contributed by atoms with van der Waals surface area (Å²) in [5.74, 6) is 0.150. The summed E-state index contributed by atoms with van der Waals surface area (Å²) in [5, 5.41) is 6.37. The van der Waals surface area contributed by atoms with Gasteiger partial charge in [-0.25, -0.2) is 0 Å². The molecule has 3 aromatic heterocycles. The summed E-state index contributed by atoms with van der Waals surface area (Å²) >= 11 is 6.74. The van der Waals surface area contributed by atoms with E-state index in [9.17, 15) is 4.79 Å². The van der Waals surface area contributed by atoms with Crippen LogP contribution in [0.5, 0.6) is 0 Å². The molecule has 0 aliphatic carbocycles. The van der Waals surface area contributed by atoms with E-state index < -0.39 is 0 Å². The number of aryl methyl sites for hydroxylation is 2. The maximum absolute atomic E-state index is 12.3. The van der Waals surface area contributed by atoms with Gasteiger partial charge in [0.2, 0.25) is 0 Å². The molecule has 0 radical (unpaired) electrons. The number of carbonyl (C=O) groups excluding carboxylic acids is 1. The van der Waals surface area contributed by atoms with Crippen molar-refractivity contribution >= 4 is 53.8 Å². The van der Waals surface area contributed by atoms with Crippen LogP contribution in [0.2, 0.25) is 0 Å². The van der Waals surface area contributed by atoms with Crippen molar-refractivity contribution in [2.24, 2.45) is 7.05 Å². The van der Waals surface area contributed by atoms with E-state index in [-0.39, 0.29) is 5.78 Å². The first-order valence-corrected chi connectivity index (χ1v) is 8.23. The molecule has 98 valence electrons. The van der Waals surface area contributed by atoms with Crippen LogP contribution >= 0.6 is 38.6 Å². The van der Waals surface area contributed by atoms with Gasteiger partial charge in [-0.3, -0.25) is 9.48 Å². The summed E-state index contributed by atoms with van der Waals surface area (Å²) in [6.45, 7) is 1.93. The standard InChI is InChI=1S/C13H11BrN2OS2/c1-7-13(14)8(16(2)15-7)5-9(17)11-6-12-10(19-11)3-4-18-12/h3-4,6H,5H2,1-2H3. The van der Waals surface area contributed by atoms with Crippen molar-refractivity contribution in [3.63, 3.8) is 0 Å². The second kappa shape index (κ2) is 4.85. The van der Waals surface area contributed by atoms with E-state index in [0.29, 0.717) is 6.42 Å². The van der Waals surface area contributed by atoms with Crippen molar-refractivity contribution in [1.29, 1.82) is 0 Å². The molecule has 3 nitrogen and oxygen atoms in total. The lowest BCUT2D eigenvalue weighted by Gasteiger charge is -2.00. The molecule has 3 aromatic rings. The number of thiophene rings is 2. The predicted molar refractivity (Wildman–Crippen MR) is 83.4 cm³/mol. The Balaban J connectivity index is 1.90. The van der Waals surface area contributed by atoms with Crippen molar-refractivity contribution in [2.45, 2.75) is 13.3 Å². The van der Waals surface area contributed by atoms with Crippen LogP contribution in [0.25, 0.3) is 9.40 Å². The van der Waals surface area contributed by atoms with Gasteiger partial charge in [-0.2, -0.15) is 5.10 Å². The summed E-state index contributed by atoms with van der Waals surface area (Å²) in [5.41, 5.74) is 1.84. The summed E-state index contributed by atoms with van der Waals surface area (Å²) in [6.07, 6.45) is 0.381. The predicted octanol–water partition coefficient (Wildman–Crippen LogP) is 4.19. The summed E-state index contributed by atoms with van der Waals surface area (Å²) in [7, 11) is 1.87. The fourth-order valence-electron chi connectivity index (χ4n) is 2.01. The Morgan fingerprint density at radius 2 is 2.26 bits per heavy atom. The number of Topliss-reactive ketones (excluding diaryl/α,β-unsaturated/α-hetero) is 1. The number of hydrogen-bond donors (Lipinski definition) is 0. The van der Waals surface area contributed by atoms with Gasteiger partial charge in [-0.05, 0) is 40.4 Å². The van der Waals surface area contributed by atoms with Crippen LogP contribution in [0.15, 0.2) is 22.0 Å². The van der Waals surface area contributed by atoms with Crippen molar-refractivity contribution in [1.82, 2.24) is 9.78 Å². The molecule has 0 atom stereocenters. The SMILES string of the molecule is Cc1nn(C)c(CC(=O)c2cc3sccc3s2)c1Br. The van der Waals surface area contributed by atoms with Crippen molar-refractivity contribution < 1.29 is 4.79 Å². The molecule has 0 N–H and O–H groups in total. The number of nitrogens with zero attached hydrogens (tertiary/aromatic N) is 2. The summed E-state index contributed by atoms with van der Waals surface area (Å²) in [6, 6.07) is 4.05. The smallest absolute Gasteiger partial charge is 0.178 e. The Morgan fingerprint density at radius 3 is 2.89 bits per heavy atom. The first kappa shape index (κ1) is 13.0. The Morgan fingerprint density at radius 1 is 1.47 bits per heavy atom. The van der Waals surface area contributed by atoms with Crippen molar-refractivity contribution in [3.8, 4) is 0 Å². The van der Waals surface area contributed by atoms with Crippen LogP contribution in [0.3, 0.4) is 0 Å². The highest BCUT2D eigenvalue weighted by Gasteiger charge is 2.17. The molecule has 0 fully saturated rings.